The summed E-state index contributed by atoms with van der Waals surface area (Å²) in [4.78, 5) is 18.1. The molecule has 0 unspecified atom stereocenters. The molecule has 0 atom stereocenters. The number of carbonyl (C=O) groups is 1. The molecule has 0 aliphatic carbocycles. The second kappa shape index (κ2) is 5.68. The first-order valence-corrected chi connectivity index (χ1v) is 6.15. The zero-order chi connectivity index (χ0) is 13.0. The number of aromatic nitrogens is 1. The first-order valence-electron chi connectivity index (χ1n) is 6.15. The molecule has 0 aromatic carbocycles. The first-order chi connectivity index (χ1) is 8.74. The van der Waals surface area contributed by atoms with Crippen molar-refractivity contribution < 1.29 is 4.79 Å². The number of hydrazine groups is 1. The van der Waals surface area contributed by atoms with Gasteiger partial charge in [0.2, 0.25) is 5.91 Å². The summed E-state index contributed by atoms with van der Waals surface area (Å²) in [7, 11) is 1.69. The quantitative estimate of drug-likeness (QED) is 0.531. The molecule has 0 saturated carbocycles. The number of hydrogen-bond acceptors (Lipinski definition) is 5. The van der Waals surface area contributed by atoms with E-state index in [1.54, 1.807) is 7.05 Å². The van der Waals surface area contributed by atoms with Gasteiger partial charge in [0, 0.05) is 26.1 Å². The zero-order valence-corrected chi connectivity index (χ0v) is 10.5. The van der Waals surface area contributed by atoms with Crippen LogP contribution in [0.2, 0.25) is 0 Å². The van der Waals surface area contributed by atoms with Crippen molar-refractivity contribution in [1.29, 1.82) is 0 Å². The van der Waals surface area contributed by atoms with Crippen LogP contribution in [0.25, 0.3) is 0 Å². The maximum Gasteiger partial charge on any atom is 0.222 e. The Kier molecular flexibility index (Phi) is 3.99. The van der Waals surface area contributed by atoms with Crippen molar-refractivity contribution in [2.45, 2.75) is 12.8 Å². The Balaban J connectivity index is 1.98. The molecule has 0 radical (unpaired) electrons. The maximum absolute atomic E-state index is 11.5. The number of pyridine rings is 1. The Morgan fingerprint density at radius 2 is 2.17 bits per heavy atom. The molecular formula is C12H19N5O. The summed E-state index contributed by atoms with van der Waals surface area (Å²) in [6.07, 6.45) is 1.73. The number of nitrogens with zero attached hydrogens (tertiary/aromatic N) is 2. The minimum absolute atomic E-state index is 0.127. The Morgan fingerprint density at radius 1 is 1.44 bits per heavy atom. The van der Waals surface area contributed by atoms with Gasteiger partial charge >= 0.3 is 0 Å². The predicted molar refractivity (Wildman–Crippen MR) is 71.1 cm³/mol. The van der Waals surface area contributed by atoms with Crippen LogP contribution >= 0.6 is 0 Å². The van der Waals surface area contributed by atoms with Crippen molar-refractivity contribution in [1.82, 2.24) is 10.3 Å². The van der Waals surface area contributed by atoms with E-state index in [-0.39, 0.29) is 11.8 Å². The van der Waals surface area contributed by atoms with Gasteiger partial charge < -0.3 is 15.6 Å². The molecule has 4 N–H and O–H groups in total. The van der Waals surface area contributed by atoms with Crippen molar-refractivity contribution in [2.24, 2.45) is 11.8 Å². The van der Waals surface area contributed by atoms with E-state index in [1.165, 1.54) is 0 Å². The van der Waals surface area contributed by atoms with E-state index in [0.29, 0.717) is 5.82 Å². The van der Waals surface area contributed by atoms with E-state index in [2.05, 4.69) is 20.6 Å². The molecule has 18 heavy (non-hydrogen) atoms. The predicted octanol–water partition coefficient (Wildman–Crippen LogP) is 0.330. The van der Waals surface area contributed by atoms with E-state index in [0.717, 1.165) is 31.7 Å². The van der Waals surface area contributed by atoms with E-state index in [9.17, 15) is 4.79 Å². The van der Waals surface area contributed by atoms with Crippen LogP contribution in [0, 0.1) is 5.92 Å². The molecule has 0 spiro atoms. The van der Waals surface area contributed by atoms with Crippen LogP contribution in [-0.2, 0) is 4.79 Å². The summed E-state index contributed by atoms with van der Waals surface area (Å²) < 4.78 is 0. The largest absolute Gasteiger partial charge is 0.359 e. The lowest BCUT2D eigenvalue weighted by atomic mass is 9.96. The van der Waals surface area contributed by atoms with Gasteiger partial charge in [-0.2, -0.15) is 0 Å². The summed E-state index contributed by atoms with van der Waals surface area (Å²) in [5.41, 5.74) is 2.54. The standard InChI is InChI=1S/C12H19N5O/c1-14-12(18)9-5-7-17(8-6-9)11-4-2-3-10(15-11)16-13/h2-4,9H,5-8,13H2,1H3,(H,14,18)(H,15,16). The molecule has 6 nitrogen and oxygen atoms in total. The molecule has 1 saturated heterocycles. The number of rotatable bonds is 3. The number of amides is 1. The number of anilines is 2. The van der Waals surface area contributed by atoms with Crippen LogP contribution in [0.3, 0.4) is 0 Å². The highest BCUT2D eigenvalue weighted by Crippen LogP contribution is 2.22. The van der Waals surface area contributed by atoms with Crippen molar-refractivity contribution in [3.63, 3.8) is 0 Å². The normalized spacial score (nSPS) is 16.4. The molecular weight excluding hydrogens is 230 g/mol. The molecule has 1 amide bonds. The molecule has 1 aromatic heterocycles. The average molecular weight is 249 g/mol. The van der Waals surface area contributed by atoms with Gasteiger partial charge in [0.25, 0.3) is 0 Å². The summed E-state index contributed by atoms with van der Waals surface area (Å²) in [6.45, 7) is 1.69. The number of nitrogens with two attached hydrogens (primary N) is 1. The molecule has 2 heterocycles. The van der Waals surface area contributed by atoms with Crippen molar-refractivity contribution >= 4 is 17.5 Å². The molecule has 1 aliphatic rings. The number of nitrogen functional groups attached to an aromatic ring is 1. The third-order valence-corrected chi connectivity index (χ3v) is 3.32. The van der Waals surface area contributed by atoms with Gasteiger partial charge in [-0.05, 0) is 25.0 Å². The van der Waals surface area contributed by atoms with Crippen LogP contribution < -0.4 is 21.5 Å². The lowest BCUT2D eigenvalue weighted by Crippen LogP contribution is -2.39. The van der Waals surface area contributed by atoms with Gasteiger partial charge in [0.1, 0.15) is 11.6 Å². The highest BCUT2D eigenvalue weighted by atomic mass is 16.1. The molecule has 0 bridgehead atoms. The third kappa shape index (κ3) is 2.70. The summed E-state index contributed by atoms with van der Waals surface area (Å²) in [5, 5.41) is 2.71. The topological polar surface area (TPSA) is 83.3 Å². The summed E-state index contributed by atoms with van der Waals surface area (Å²) in [6, 6.07) is 5.70. The molecule has 98 valence electrons. The monoisotopic (exact) mass is 249 g/mol. The fraction of sp³-hybridized carbons (Fsp3) is 0.500. The molecule has 1 aromatic rings. The number of piperidine rings is 1. The van der Waals surface area contributed by atoms with Gasteiger partial charge in [0.15, 0.2) is 0 Å². The fourth-order valence-electron chi connectivity index (χ4n) is 2.25. The van der Waals surface area contributed by atoms with Gasteiger partial charge in [-0.15, -0.1) is 0 Å². The van der Waals surface area contributed by atoms with Crippen LogP contribution in [0.1, 0.15) is 12.8 Å². The molecule has 1 aliphatic heterocycles. The van der Waals surface area contributed by atoms with E-state index in [4.69, 9.17) is 5.84 Å². The summed E-state index contributed by atoms with van der Waals surface area (Å²) >= 11 is 0. The molecule has 1 fully saturated rings. The molecule has 2 rings (SSSR count). The Bertz CT molecular complexity index is 415. The Labute approximate surface area is 107 Å². The van der Waals surface area contributed by atoms with E-state index in [1.807, 2.05) is 18.2 Å². The van der Waals surface area contributed by atoms with Crippen LogP contribution in [0.4, 0.5) is 11.6 Å². The van der Waals surface area contributed by atoms with E-state index >= 15 is 0 Å². The van der Waals surface area contributed by atoms with Crippen molar-refractivity contribution in [3.05, 3.63) is 18.2 Å². The third-order valence-electron chi connectivity index (χ3n) is 3.32. The Hall–Kier alpha value is -1.82. The Morgan fingerprint density at radius 3 is 2.78 bits per heavy atom. The number of nitrogens with one attached hydrogen (secondary N) is 2. The minimum Gasteiger partial charge on any atom is -0.359 e. The second-order valence-corrected chi connectivity index (χ2v) is 4.40. The lowest BCUT2D eigenvalue weighted by Gasteiger charge is -2.32. The van der Waals surface area contributed by atoms with Crippen LogP contribution in [0.5, 0.6) is 0 Å². The second-order valence-electron chi connectivity index (χ2n) is 4.40. The smallest absolute Gasteiger partial charge is 0.222 e. The van der Waals surface area contributed by atoms with Crippen LogP contribution in [0.15, 0.2) is 18.2 Å². The van der Waals surface area contributed by atoms with Gasteiger partial charge in [-0.1, -0.05) is 6.07 Å². The SMILES string of the molecule is CNC(=O)C1CCN(c2cccc(NN)n2)CC1. The number of carbonyl (C=O) groups excluding carboxylic acids is 1. The van der Waals surface area contributed by atoms with Gasteiger partial charge in [-0.3, -0.25) is 4.79 Å². The van der Waals surface area contributed by atoms with Crippen molar-refractivity contribution in [3.8, 4) is 0 Å². The van der Waals surface area contributed by atoms with Gasteiger partial charge in [-0.25, -0.2) is 10.8 Å². The van der Waals surface area contributed by atoms with Crippen molar-refractivity contribution in [2.75, 3.05) is 30.5 Å². The van der Waals surface area contributed by atoms with Gasteiger partial charge in [0.05, 0.1) is 0 Å². The fourth-order valence-corrected chi connectivity index (χ4v) is 2.25. The maximum atomic E-state index is 11.5. The highest BCUT2D eigenvalue weighted by molar-refractivity contribution is 5.78. The highest BCUT2D eigenvalue weighted by Gasteiger charge is 2.24. The van der Waals surface area contributed by atoms with Crippen LogP contribution in [-0.4, -0.2) is 31.0 Å². The summed E-state index contributed by atoms with van der Waals surface area (Å²) in [5.74, 6) is 7.17. The molecule has 6 heteroatoms. The lowest BCUT2D eigenvalue weighted by molar-refractivity contribution is -0.125. The zero-order valence-electron chi connectivity index (χ0n) is 10.5. The number of hydrogen-bond donors (Lipinski definition) is 3. The van der Waals surface area contributed by atoms with E-state index < -0.39 is 0 Å². The first kappa shape index (κ1) is 12.6. The average Bonchev–Trinajstić information content (AvgIpc) is 2.46. The minimum atomic E-state index is 0.127.